The van der Waals surface area contributed by atoms with E-state index in [-0.39, 0.29) is 5.41 Å². The molecule has 0 saturated carbocycles. The van der Waals surface area contributed by atoms with E-state index in [9.17, 15) is 0 Å². The highest BCUT2D eigenvalue weighted by atomic mass is 35.5. The second-order valence-corrected chi connectivity index (χ2v) is 9.91. The van der Waals surface area contributed by atoms with Crippen molar-refractivity contribution in [2.24, 2.45) is 10.4 Å². The van der Waals surface area contributed by atoms with Gasteiger partial charge in [0.1, 0.15) is 11.7 Å². The highest BCUT2D eigenvalue weighted by molar-refractivity contribution is 6.42. The van der Waals surface area contributed by atoms with E-state index in [2.05, 4.69) is 39.3 Å². The molecule has 0 radical (unpaired) electrons. The van der Waals surface area contributed by atoms with Gasteiger partial charge in [0.15, 0.2) is 0 Å². The van der Waals surface area contributed by atoms with Gasteiger partial charge in [0.25, 0.3) is 0 Å². The van der Waals surface area contributed by atoms with Crippen molar-refractivity contribution in [1.82, 2.24) is 9.88 Å². The topological polar surface area (TPSA) is 53.0 Å². The van der Waals surface area contributed by atoms with Gasteiger partial charge in [-0.1, -0.05) is 23.2 Å². The Hall–Kier alpha value is -1.86. The van der Waals surface area contributed by atoms with E-state index in [1.807, 2.05) is 18.3 Å². The van der Waals surface area contributed by atoms with Gasteiger partial charge in [-0.25, -0.2) is 4.98 Å². The van der Waals surface area contributed by atoms with Crippen LogP contribution in [0.3, 0.4) is 0 Å². The number of benzene rings is 1. The third-order valence-corrected chi connectivity index (χ3v) is 7.66. The first kappa shape index (κ1) is 22.0. The molecule has 0 amide bonds. The van der Waals surface area contributed by atoms with Crippen LogP contribution in [0.4, 0.5) is 11.5 Å². The van der Waals surface area contributed by atoms with Crippen molar-refractivity contribution in [3.63, 3.8) is 0 Å². The molecule has 2 saturated heterocycles. The quantitative estimate of drug-likeness (QED) is 0.710. The van der Waals surface area contributed by atoms with Gasteiger partial charge in [-0.15, -0.1) is 0 Å². The lowest BCUT2D eigenvalue weighted by Gasteiger charge is -2.45. The number of hydrogen-bond acceptors (Lipinski definition) is 5. The number of ether oxygens (including phenoxy) is 1. The molecule has 5 rings (SSSR count). The third kappa shape index (κ3) is 4.46. The van der Waals surface area contributed by atoms with Gasteiger partial charge >= 0.3 is 0 Å². The minimum atomic E-state index is 0.0107. The second kappa shape index (κ2) is 9.18. The molecule has 6 nitrogen and oxygen atoms in total. The summed E-state index contributed by atoms with van der Waals surface area (Å²) in [5, 5.41) is 4.82. The maximum atomic E-state index is 6.34. The number of morpholine rings is 1. The van der Waals surface area contributed by atoms with Crippen LogP contribution in [0, 0.1) is 5.41 Å². The van der Waals surface area contributed by atoms with E-state index in [0.29, 0.717) is 16.6 Å². The molecule has 2 aromatic rings. The SMILES string of the molecule is CN1CCC2(CC1)Cc1cc(Cl)c(Cl)cc1NC2=NCc1ccnc(N2CCOCC2)c1. The Balaban J connectivity index is 1.43. The first-order valence-corrected chi connectivity index (χ1v) is 12.0. The predicted octanol–water partition coefficient (Wildman–Crippen LogP) is 4.50. The number of anilines is 2. The summed E-state index contributed by atoms with van der Waals surface area (Å²) in [6.45, 7) is 6.01. The number of aliphatic imine (C=N–C) groups is 1. The highest BCUT2D eigenvalue weighted by Gasteiger charge is 2.42. The number of piperidine rings is 1. The molecule has 1 aromatic carbocycles. The molecule has 1 spiro atoms. The van der Waals surface area contributed by atoms with Crippen molar-refractivity contribution in [3.05, 3.63) is 51.6 Å². The van der Waals surface area contributed by atoms with Crippen LogP contribution in [0.1, 0.15) is 24.0 Å². The number of amidine groups is 1. The molecule has 3 aliphatic rings. The van der Waals surface area contributed by atoms with Gasteiger partial charge in [0, 0.05) is 30.4 Å². The zero-order valence-electron chi connectivity index (χ0n) is 18.4. The number of fused-ring (bicyclic) bond motifs is 1. The average molecular weight is 474 g/mol. The monoisotopic (exact) mass is 473 g/mol. The van der Waals surface area contributed by atoms with Gasteiger partial charge in [-0.05, 0) is 74.8 Å². The zero-order chi connectivity index (χ0) is 22.1. The summed E-state index contributed by atoms with van der Waals surface area (Å²) >= 11 is 12.7. The minimum Gasteiger partial charge on any atom is -0.378 e. The maximum Gasteiger partial charge on any atom is 0.128 e. The zero-order valence-corrected chi connectivity index (χ0v) is 19.9. The van der Waals surface area contributed by atoms with Crippen LogP contribution in [-0.4, -0.2) is 62.2 Å². The summed E-state index contributed by atoms with van der Waals surface area (Å²) in [4.78, 5) is 14.4. The van der Waals surface area contributed by atoms with Crippen molar-refractivity contribution < 1.29 is 4.74 Å². The molecular weight excluding hydrogens is 445 g/mol. The number of hydrogen-bond donors (Lipinski definition) is 1. The number of halogens is 2. The Morgan fingerprint density at radius 2 is 1.84 bits per heavy atom. The molecule has 1 N–H and O–H groups in total. The summed E-state index contributed by atoms with van der Waals surface area (Å²) in [7, 11) is 2.19. The molecule has 0 bridgehead atoms. The van der Waals surface area contributed by atoms with Crippen LogP contribution in [0.2, 0.25) is 10.0 Å². The fourth-order valence-corrected chi connectivity index (χ4v) is 5.27. The molecule has 0 atom stereocenters. The van der Waals surface area contributed by atoms with E-state index >= 15 is 0 Å². The summed E-state index contributed by atoms with van der Waals surface area (Å²) in [5.74, 6) is 2.07. The van der Waals surface area contributed by atoms with Crippen molar-refractivity contribution in [3.8, 4) is 0 Å². The van der Waals surface area contributed by atoms with Crippen LogP contribution < -0.4 is 10.2 Å². The van der Waals surface area contributed by atoms with Gasteiger partial charge in [0.2, 0.25) is 0 Å². The van der Waals surface area contributed by atoms with Crippen molar-refractivity contribution in [1.29, 1.82) is 0 Å². The lowest BCUT2D eigenvalue weighted by atomic mass is 9.70. The lowest BCUT2D eigenvalue weighted by molar-refractivity contribution is 0.122. The molecule has 0 unspecified atom stereocenters. The standard InChI is InChI=1S/C24H29Cl2N5O/c1-30-6-3-24(4-7-30)15-18-13-19(25)20(26)14-21(18)29-23(24)28-16-17-2-5-27-22(12-17)31-8-10-32-11-9-31/h2,5,12-14H,3-4,6-11,15-16H2,1H3,(H,28,29). The van der Waals surface area contributed by atoms with Crippen LogP contribution in [0.25, 0.3) is 0 Å². The van der Waals surface area contributed by atoms with E-state index in [1.165, 1.54) is 11.1 Å². The second-order valence-electron chi connectivity index (χ2n) is 9.10. The number of nitrogens with zero attached hydrogens (tertiary/aromatic N) is 4. The molecular formula is C24H29Cl2N5O. The van der Waals surface area contributed by atoms with Gasteiger partial charge in [-0.3, -0.25) is 4.99 Å². The fraction of sp³-hybridized carbons (Fsp3) is 0.500. The Bertz CT molecular complexity index is 1010. The molecule has 3 aliphatic heterocycles. The summed E-state index contributed by atoms with van der Waals surface area (Å²) in [6.07, 6.45) is 4.97. The fourth-order valence-electron chi connectivity index (χ4n) is 4.92. The molecule has 8 heteroatoms. The number of pyridine rings is 1. The largest absolute Gasteiger partial charge is 0.378 e. The van der Waals surface area contributed by atoms with E-state index in [4.69, 9.17) is 32.9 Å². The number of aromatic nitrogens is 1. The number of likely N-dealkylation sites (tertiary alicyclic amines) is 1. The molecule has 170 valence electrons. The average Bonchev–Trinajstić information content (AvgIpc) is 2.82. The van der Waals surface area contributed by atoms with Crippen LogP contribution in [0.5, 0.6) is 0 Å². The predicted molar refractivity (Wildman–Crippen MR) is 131 cm³/mol. The van der Waals surface area contributed by atoms with Crippen molar-refractivity contribution in [2.45, 2.75) is 25.8 Å². The molecule has 32 heavy (non-hydrogen) atoms. The van der Waals surface area contributed by atoms with Crippen molar-refractivity contribution in [2.75, 3.05) is 56.7 Å². The Morgan fingerprint density at radius 3 is 2.62 bits per heavy atom. The normalized spacial score (nSPS) is 22.1. The smallest absolute Gasteiger partial charge is 0.128 e. The van der Waals surface area contributed by atoms with Crippen LogP contribution >= 0.6 is 23.2 Å². The third-order valence-electron chi connectivity index (χ3n) is 6.94. The highest BCUT2D eigenvalue weighted by Crippen LogP contribution is 2.44. The van der Waals surface area contributed by atoms with E-state index < -0.39 is 0 Å². The maximum absolute atomic E-state index is 6.34. The lowest BCUT2D eigenvalue weighted by Crippen LogP contribution is -2.49. The Labute approximate surface area is 199 Å². The molecule has 0 aliphatic carbocycles. The summed E-state index contributed by atoms with van der Waals surface area (Å²) < 4.78 is 5.47. The van der Waals surface area contributed by atoms with Crippen LogP contribution in [-0.2, 0) is 17.7 Å². The molecule has 1 aromatic heterocycles. The van der Waals surface area contributed by atoms with Gasteiger partial charge in [-0.2, -0.15) is 0 Å². The first-order valence-electron chi connectivity index (χ1n) is 11.3. The Kier molecular flexibility index (Phi) is 6.30. The van der Waals surface area contributed by atoms with Gasteiger partial charge < -0.3 is 19.9 Å². The van der Waals surface area contributed by atoms with Gasteiger partial charge in [0.05, 0.1) is 29.8 Å². The van der Waals surface area contributed by atoms with Crippen LogP contribution in [0.15, 0.2) is 35.5 Å². The molecule has 2 fully saturated rings. The van der Waals surface area contributed by atoms with Crippen molar-refractivity contribution >= 4 is 40.5 Å². The Morgan fingerprint density at radius 1 is 1.09 bits per heavy atom. The van der Waals surface area contributed by atoms with E-state index in [0.717, 1.165) is 76.0 Å². The summed E-state index contributed by atoms with van der Waals surface area (Å²) in [5.41, 5.74) is 3.42. The first-order chi connectivity index (χ1) is 15.5. The number of nitrogens with one attached hydrogen (secondary N) is 1. The minimum absolute atomic E-state index is 0.0107. The summed E-state index contributed by atoms with van der Waals surface area (Å²) in [6, 6.07) is 8.16. The van der Waals surface area contributed by atoms with E-state index in [1.54, 1.807) is 0 Å². The molecule has 4 heterocycles. The number of rotatable bonds is 3.